The largest absolute Gasteiger partial charge is 0.388 e. The lowest BCUT2D eigenvalue weighted by molar-refractivity contribution is -0.117. The van der Waals surface area contributed by atoms with Crippen molar-refractivity contribution < 1.29 is 14.6 Å². The van der Waals surface area contributed by atoms with Crippen LogP contribution in [0, 0.1) is 6.92 Å². The van der Waals surface area contributed by atoms with E-state index in [1.807, 2.05) is 29.2 Å². The van der Waals surface area contributed by atoms with Crippen molar-refractivity contribution in [1.29, 1.82) is 0 Å². The van der Waals surface area contributed by atoms with Gasteiger partial charge in [-0.1, -0.05) is 38.3 Å². The van der Waals surface area contributed by atoms with Gasteiger partial charge in [0, 0.05) is 21.9 Å². The minimum atomic E-state index is -0.428. The number of anilines is 1. The molecule has 2 aromatic rings. The van der Waals surface area contributed by atoms with Crippen LogP contribution in [0.25, 0.3) is 0 Å². The maximum absolute atomic E-state index is 12.4. The second-order valence-electron chi connectivity index (χ2n) is 7.59. The van der Waals surface area contributed by atoms with Crippen LogP contribution in [0.5, 0.6) is 0 Å². The Kier molecular flexibility index (Phi) is 7.65. The molecule has 1 unspecified atom stereocenters. The molecule has 1 saturated heterocycles. The van der Waals surface area contributed by atoms with Crippen molar-refractivity contribution in [3.8, 4) is 0 Å². The van der Waals surface area contributed by atoms with E-state index in [4.69, 9.17) is 4.74 Å². The topological polar surface area (TPSA) is 49.8 Å². The number of thiophene rings is 1. The first-order valence-electron chi connectivity index (χ1n) is 10.3. The fourth-order valence-electron chi connectivity index (χ4n) is 3.73. The van der Waals surface area contributed by atoms with Gasteiger partial charge in [-0.3, -0.25) is 4.79 Å². The van der Waals surface area contributed by atoms with E-state index in [-0.39, 0.29) is 11.9 Å². The molecule has 1 aliphatic heterocycles. The lowest BCUT2D eigenvalue weighted by atomic mass is 10.0. The van der Waals surface area contributed by atoms with Gasteiger partial charge in [0.25, 0.3) is 0 Å². The molecule has 4 nitrogen and oxygen atoms in total. The Morgan fingerprint density at radius 3 is 2.68 bits per heavy atom. The third kappa shape index (κ3) is 5.43. The van der Waals surface area contributed by atoms with Crippen LogP contribution in [0.4, 0.5) is 5.69 Å². The lowest BCUT2D eigenvalue weighted by Crippen LogP contribution is -2.36. The molecular weight excluding hydrogens is 370 g/mol. The number of aliphatic hydroxyl groups excluding tert-OH is 1. The van der Waals surface area contributed by atoms with Crippen molar-refractivity contribution in [2.45, 2.75) is 71.1 Å². The first-order valence-corrected chi connectivity index (χ1v) is 11.1. The molecule has 0 saturated carbocycles. The van der Waals surface area contributed by atoms with Gasteiger partial charge < -0.3 is 14.7 Å². The van der Waals surface area contributed by atoms with Crippen LogP contribution in [-0.4, -0.2) is 23.7 Å². The first-order chi connectivity index (χ1) is 13.6. The fraction of sp³-hybridized carbons (Fsp3) is 0.522. The highest BCUT2D eigenvalue weighted by atomic mass is 32.1. The van der Waals surface area contributed by atoms with E-state index in [1.54, 1.807) is 11.3 Å². The molecular formula is C23H31NO3S. The predicted molar refractivity (Wildman–Crippen MR) is 115 cm³/mol. The number of carbonyl (C=O) groups is 1. The summed E-state index contributed by atoms with van der Waals surface area (Å²) in [5.41, 5.74) is 1.82. The second kappa shape index (κ2) is 10.2. The van der Waals surface area contributed by atoms with Crippen LogP contribution in [0.1, 0.15) is 66.9 Å². The van der Waals surface area contributed by atoms with Gasteiger partial charge in [-0.15, -0.1) is 11.3 Å². The number of carbonyl (C=O) groups excluding carboxylic acids is 1. The third-order valence-electron chi connectivity index (χ3n) is 5.31. The molecule has 152 valence electrons. The summed E-state index contributed by atoms with van der Waals surface area (Å²) < 4.78 is 5.91. The summed E-state index contributed by atoms with van der Waals surface area (Å²) in [4.78, 5) is 16.8. The molecule has 2 atom stereocenters. The molecule has 0 aliphatic carbocycles. The fourth-order valence-corrected chi connectivity index (χ4v) is 4.55. The van der Waals surface area contributed by atoms with Gasteiger partial charge in [-0.05, 0) is 49.6 Å². The lowest BCUT2D eigenvalue weighted by Gasteiger charge is -2.25. The number of amides is 1. The Hall–Kier alpha value is -1.69. The minimum absolute atomic E-state index is 0.0777. The van der Waals surface area contributed by atoms with Crippen molar-refractivity contribution in [2.75, 3.05) is 11.5 Å². The van der Waals surface area contributed by atoms with Gasteiger partial charge >= 0.3 is 0 Å². The van der Waals surface area contributed by atoms with Crippen LogP contribution < -0.4 is 4.90 Å². The molecule has 1 aliphatic rings. The molecule has 0 spiro atoms. The SMILES string of the molecule is CCCCCC(O)c1ccc(N2C(=O)CC[C@@H]2COCc2ccc(C)s2)cc1. The minimum Gasteiger partial charge on any atom is -0.388 e. The molecule has 1 aromatic carbocycles. The van der Waals surface area contributed by atoms with Gasteiger partial charge in [-0.25, -0.2) is 0 Å². The van der Waals surface area contributed by atoms with Crippen molar-refractivity contribution in [1.82, 2.24) is 0 Å². The smallest absolute Gasteiger partial charge is 0.227 e. The zero-order chi connectivity index (χ0) is 19.9. The van der Waals surface area contributed by atoms with E-state index < -0.39 is 6.10 Å². The van der Waals surface area contributed by atoms with Gasteiger partial charge in [0.2, 0.25) is 5.91 Å². The number of aryl methyl sites for hydroxylation is 1. The number of nitrogens with zero attached hydrogens (tertiary/aromatic N) is 1. The van der Waals surface area contributed by atoms with Crippen molar-refractivity contribution in [2.24, 2.45) is 0 Å². The Morgan fingerprint density at radius 1 is 1.21 bits per heavy atom. The normalized spacial score (nSPS) is 18.0. The van der Waals surface area contributed by atoms with Crippen molar-refractivity contribution in [3.63, 3.8) is 0 Å². The Balaban J connectivity index is 1.57. The number of ether oxygens (including phenoxy) is 1. The van der Waals surface area contributed by atoms with Gasteiger partial charge in [0.15, 0.2) is 0 Å². The molecule has 0 radical (unpaired) electrons. The molecule has 0 bridgehead atoms. The predicted octanol–water partition coefficient (Wildman–Crippen LogP) is 5.38. The number of unbranched alkanes of at least 4 members (excludes halogenated alkanes) is 2. The molecule has 1 amide bonds. The maximum Gasteiger partial charge on any atom is 0.227 e. The molecule has 5 heteroatoms. The average molecular weight is 402 g/mol. The number of benzene rings is 1. The van der Waals surface area contributed by atoms with Gasteiger partial charge in [-0.2, -0.15) is 0 Å². The molecule has 2 heterocycles. The molecule has 28 heavy (non-hydrogen) atoms. The summed E-state index contributed by atoms with van der Waals surface area (Å²) in [6.45, 7) is 5.40. The van der Waals surface area contributed by atoms with Crippen LogP contribution in [-0.2, 0) is 16.1 Å². The van der Waals surface area contributed by atoms with Crippen LogP contribution in [0.2, 0.25) is 0 Å². The second-order valence-corrected chi connectivity index (χ2v) is 8.96. The number of hydrogen-bond acceptors (Lipinski definition) is 4. The average Bonchev–Trinajstić information content (AvgIpc) is 3.27. The van der Waals surface area contributed by atoms with E-state index in [0.29, 0.717) is 19.6 Å². The summed E-state index contributed by atoms with van der Waals surface area (Å²) in [5, 5.41) is 10.3. The van der Waals surface area contributed by atoms with E-state index in [0.717, 1.165) is 43.4 Å². The molecule has 3 rings (SSSR count). The highest BCUT2D eigenvalue weighted by molar-refractivity contribution is 7.11. The summed E-state index contributed by atoms with van der Waals surface area (Å²) in [6, 6.07) is 12.1. The Bertz CT molecular complexity index is 755. The molecule has 1 aromatic heterocycles. The van der Waals surface area contributed by atoms with Gasteiger partial charge in [0.1, 0.15) is 0 Å². The van der Waals surface area contributed by atoms with E-state index in [9.17, 15) is 9.90 Å². The van der Waals surface area contributed by atoms with E-state index >= 15 is 0 Å². The number of rotatable bonds is 10. The highest BCUT2D eigenvalue weighted by Crippen LogP contribution is 2.29. The molecule has 1 N–H and O–H groups in total. The summed E-state index contributed by atoms with van der Waals surface area (Å²) in [5.74, 6) is 0.150. The van der Waals surface area contributed by atoms with Gasteiger partial charge in [0.05, 0.1) is 25.4 Å². The Morgan fingerprint density at radius 2 is 2.00 bits per heavy atom. The summed E-state index contributed by atoms with van der Waals surface area (Å²) >= 11 is 1.75. The Labute approximate surface area is 172 Å². The summed E-state index contributed by atoms with van der Waals surface area (Å²) in [7, 11) is 0. The van der Waals surface area contributed by atoms with Crippen molar-refractivity contribution >= 4 is 22.9 Å². The first kappa shape index (κ1) is 21.0. The molecule has 1 fully saturated rings. The zero-order valence-corrected chi connectivity index (χ0v) is 17.7. The van der Waals surface area contributed by atoms with Crippen LogP contribution in [0.3, 0.4) is 0 Å². The standard InChI is InChI=1S/C23H31NO3S/c1-3-4-5-6-22(25)18-8-10-19(11-9-18)24-20(12-14-23(24)26)15-27-16-21-13-7-17(2)28-21/h7-11,13,20,22,25H,3-6,12,14-16H2,1-2H3/t20-,22?/m1/s1. The summed E-state index contributed by atoms with van der Waals surface area (Å²) in [6.07, 6.45) is 5.07. The monoisotopic (exact) mass is 401 g/mol. The number of hydrogen-bond donors (Lipinski definition) is 1. The highest BCUT2D eigenvalue weighted by Gasteiger charge is 2.32. The maximum atomic E-state index is 12.4. The van der Waals surface area contributed by atoms with Crippen LogP contribution in [0.15, 0.2) is 36.4 Å². The zero-order valence-electron chi connectivity index (χ0n) is 16.9. The van der Waals surface area contributed by atoms with E-state index in [2.05, 4.69) is 26.0 Å². The quantitative estimate of drug-likeness (QED) is 0.544. The van der Waals surface area contributed by atoms with Crippen LogP contribution >= 0.6 is 11.3 Å². The van der Waals surface area contributed by atoms with E-state index in [1.165, 1.54) is 9.75 Å². The third-order valence-corrected chi connectivity index (χ3v) is 6.29. The number of aliphatic hydroxyl groups is 1. The van der Waals surface area contributed by atoms with Crippen molar-refractivity contribution in [3.05, 3.63) is 51.7 Å².